The third kappa shape index (κ3) is 2.06. The predicted molar refractivity (Wildman–Crippen MR) is 55.3 cm³/mol. The molecule has 16 heavy (non-hydrogen) atoms. The largest absolute Gasteiger partial charge is 0.358 e. The minimum absolute atomic E-state index is 0.0681. The molecule has 1 saturated carbocycles. The molecular formula is C10H15N3O3. The number of hydrogen-bond donors (Lipinski definition) is 2. The fourth-order valence-corrected chi connectivity index (χ4v) is 1.83. The molecule has 2 aliphatic rings. The summed E-state index contributed by atoms with van der Waals surface area (Å²) >= 11 is 0. The number of nitrogens with one attached hydrogen (secondary N) is 2. The van der Waals surface area contributed by atoms with Crippen LogP contribution in [0.15, 0.2) is 0 Å². The lowest BCUT2D eigenvalue weighted by molar-refractivity contribution is -0.139. The van der Waals surface area contributed by atoms with E-state index in [0.29, 0.717) is 0 Å². The summed E-state index contributed by atoms with van der Waals surface area (Å²) in [5.74, 6) is -0.497. The van der Waals surface area contributed by atoms with Crippen LogP contribution in [0.1, 0.15) is 19.3 Å². The van der Waals surface area contributed by atoms with E-state index in [0.717, 1.165) is 12.8 Å². The van der Waals surface area contributed by atoms with E-state index in [9.17, 15) is 14.4 Å². The van der Waals surface area contributed by atoms with E-state index in [2.05, 4.69) is 10.6 Å². The van der Waals surface area contributed by atoms with Crippen LogP contribution < -0.4 is 10.6 Å². The van der Waals surface area contributed by atoms with E-state index in [-0.39, 0.29) is 36.7 Å². The first-order valence-corrected chi connectivity index (χ1v) is 5.43. The molecule has 1 saturated heterocycles. The summed E-state index contributed by atoms with van der Waals surface area (Å²) in [6, 6.07) is -0.405. The molecule has 1 aliphatic heterocycles. The lowest BCUT2D eigenvalue weighted by atomic mass is 10.2. The molecule has 2 rings (SSSR count). The molecule has 2 N–H and O–H groups in total. The molecule has 3 amide bonds. The van der Waals surface area contributed by atoms with Crippen molar-refractivity contribution in [3.63, 3.8) is 0 Å². The van der Waals surface area contributed by atoms with Crippen LogP contribution in [-0.2, 0) is 14.4 Å². The zero-order valence-corrected chi connectivity index (χ0v) is 9.16. The van der Waals surface area contributed by atoms with Gasteiger partial charge in [0.25, 0.3) is 0 Å². The number of likely N-dealkylation sites (N-methyl/N-ethyl adjacent to an activating group) is 1. The molecule has 2 fully saturated rings. The van der Waals surface area contributed by atoms with Crippen LogP contribution >= 0.6 is 0 Å². The zero-order valence-electron chi connectivity index (χ0n) is 9.16. The maximum Gasteiger partial charge on any atom is 0.247 e. The number of likely N-dealkylation sites (tertiary alicyclic amines) is 1. The number of hydrogen-bond acceptors (Lipinski definition) is 4. The van der Waals surface area contributed by atoms with Crippen LogP contribution in [0, 0.1) is 0 Å². The molecule has 0 radical (unpaired) electrons. The van der Waals surface area contributed by atoms with Gasteiger partial charge in [0.2, 0.25) is 17.7 Å². The summed E-state index contributed by atoms with van der Waals surface area (Å²) in [5, 5.41) is 5.25. The summed E-state index contributed by atoms with van der Waals surface area (Å²) in [5.41, 5.74) is 0. The van der Waals surface area contributed by atoms with Gasteiger partial charge in [-0.25, -0.2) is 0 Å². The maximum atomic E-state index is 11.8. The Morgan fingerprint density at radius 2 is 2.12 bits per heavy atom. The quantitative estimate of drug-likeness (QED) is 0.577. The molecule has 88 valence electrons. The Morgan fingerprint density at radius 1 is 1.44 bits per heavy atom. The molecule has 0 aromatic heterocycles. The fourth-order valence-electron chi connectivity index (χ4n) is 1.83. The van der Waals surface area contributed by atoms with E-state index in [4.69, 9.17) is 0 Å². The standard InChI is InChI=1S/C10H15N3O3/c1-11-8(14)5-12-7-4-9(15)13(10(7)16)6-2-3-6/h6-7,12H,2-5H2,1H3,(H,11,14). The number of nitrogens with zero attached hydrogens (tertiary/aromatic N) is 1. The van der Waals surface area contributed by atoms with E-state index < -0.39 is 6.04 Å². The zero-order chi connectivity index (χ0) is 11.7. The van der Waals surface area contributed by atoms with Crippen molar-refractivity contribution >= 4 is 17.7 Å². The summed E-state index contributed by atoms with van der Waals surface area (Å²) in [6.07, 6.45) is 2.01. The van der Waals surface area contributed by atoms with Crippen molar-refractivity contribution in [3.05, 3.63) is 0 Å². The SMILES string of the molecule is CNC(=O)CNC1CC(=O)N(C2CC2)C1=O. The maximum absolute atomic E-state index is 11.8. The number of amides is 3. The molecule has 0 aromatic carbocycles. The number of rotatable bonds is 4. The lowest BCUT2D eigenvalue weighted by Crippen LogP contribution is -2.43. The normalized spacial score (nSPS) is 25.1. The van der Waals surface area contributed by atoms with Crippen molar-refractivity contribution in [2.45, 2.75) is 31.3 Å². The van der Waals surface area contributed by atoms with Gasteiger partial charge >= 0.3 is 0 Å². The van der Waals surface area contributed by atoms with Crippen molar-refractivity contribution < 1.29 is 14.4 Å². The molecular weight excluding hydrogens is 210 g/mol. The second-order valence-corrected chi connectivity index (χ2v) is 4.14. The molecule has 1 atom stereocenters. The minimum Gasteiger partial charge on any atom is -0.358 e. The third-order valence-electron chi connectivity index (χ3n) is 2.88. The lowest BCUT2D eigenvalue weighted by Gasteiger charge is -2.13. The Hall–Kier alpha value is -1.43. The second kappa shape index (κ2) is 4.21. The summed E-state index contributed by atoms with van der Waals surface area (Å²) in [6.45, 7) is 0.0681. The average Bonchev–Trinajstić information content (AvgIpc) is 3.04. The summed E-state index contributed by atoms with van der Waals surface area (Å²) in [7, 11) is 1.53. The Labute approximate surface area is 93.4 Å². The number of carbonyl (C=O) groups excluding carboxylic acids is 3. The van der Waals surface area contributed by atoms with Crippen LogP contribution in [0.3, 0.4) is 0 Å². The van der Waals surface area contributed by atoms with E-state index in [1.165, 1.54) is 11.9 Å². The van der Waals surface area contributed by atoms with E-state index >= 15 is 0 Å². The molecule has 0 bridgehead atoms. The molecule has 1 unspecified atom stereocenters. The highest BCUT2D eigenvalue weighted by Crippen LogP contribution is 2.31. The monoisotopic (exact) mass is 225 g/mol. The van der Waals surface area contributed by atoms with Crippen molar-refractivity contribution in [3.8, 4) is 0 Å². The molecule has 1 aliphatic carbocycles. The summed E-state index contributed by atoms with van der Waals surface area (Å²) < 4.78 is 0. The predicted octanol–water partition coefficient (Wildman–Crippen LogP) is -1.39. The second-order valence-electron chi connectivity index (χ2n) is 4.14. The van der Waals surface area contributed by atoms with Gasteiger partial charge in [0.15, 0.2) is 0 Å². The first-order chi connectivity index (χ1) is 7.63. The minimum atomic E-state index is -0.523. The Balaban J connectivity index is 1.90. The smallest absolute Gasteiger partial charge is 0.247 e. The molecule has 1 heterocycles. The van der Waals surface area contributed by atoms with Crippen LogP contribution in [0.2, 0.25) is 0 Å². The van der Waals surface area contributed by atoms with Gasteiger partial charge in [-0.2, -0.15) is 0 Å². The van der Waals surface area contributed by atoms with Crippen LogP contribution in [-0.4, -0.2) is 48.3 Å². The van der Waals surface area contributed by atoms with Gasteiger partial charge in [-0.15, -0.1) is 0 Å². The highest BCUT2D eigenvalue weighted by Gasteiger charge is 2.45. The topological polar surface area (TPSA) is 78.5 Å². The average molecular weight is 225 g/mol. The van der Waals surface area contributed by atoms with Gasteiger partial charge in [-0.1, -0.05) is 0 Å². The Morgan fingerprint density at radius 3 is 2.69 bits per heavy atom. The number of imide groups is 1. The van der Waals surface area contributed by atoms with Crippen LogP contribution in [0.25, 0.3) is 0 Å². The van der Waals surface area contributed by atoms with Gasteiger partial charge < -0.3 is 5.32 Å². The van der Waals surface area contributed by atoms with Gasteiger partial charge in [-0.05, 0) is 12.8 Å². The first-order valence-electron chi connectivity index (χ1n) is 5.43. The third-order valence-corrected chi connectivity index (χ3v) is 2.88. The molecule has 6 heteroatoms. The van der Waals surface area contributed by atoms with E-state index in [1.807, 2.05) is 0 Å². The molecule has 0 aromatic rings. The highest BCUT2D eigenvalue weighted by atomic mass is 16.2. The van der Waals surface area contributed by atoms with Crippen molar-refractivity contribution in [1.29, 1.82) is 0 Å². The van der Waals surface area contributed by atoms with Gasteiger partial charge in [0.05, 0.1) is 19.0 Å². The van der Waals surface area contributed by atoms with Crippen LogP contribution in [0.4, 0.5) is 0 Å². The van der Waals surface area contributed by atoms with Crippen molar-refractivity contribution in [1.82, 2.24) is 15.5 Å². The van der Waals surface area contributed by atoms with Crippen molar-refractivity contribution in [2.75, 3.05) is 13.6 Å². The van der Waals surface area contributed by atoms with Crippen LogP contribution in [0.5, 0.6) is 0 Å². The van der Waals surface area contributed by atoms with E-state index in [1.54, 1.807) is 0 Å². The first kappa shape index (κ1) is 11.1. The van der Waals surface area contributed by atoms with Gasteiger partial charge in [-0.3, -0.25) is 24.6 Å². The summed E-state index contributed by atoms with van der Waals surface area (Å²) in [4.78, 5) is 35.7. The molecule has 6 nitrogen and oxygen atoms in total. The molecule has 0 spiro atoms. The van der Waals surface area contributed by atoms with Gasteiger partial charge in [0, 0.05) is 13.1 Å². The van der Waals surface area contributed by atoms with Gasteiger partial charge in [0.1, 0.15) is 0 Å². The van der Waals surface area contributed by atoms with Crippen molar-refractivity contribution in [2.24, 2.45) is 0 Å². The fraction of sp³-hybridized carbons (Fsp3) is 0.700. The Kier molecular flexibility index (Phi) is 2.91. The highest BCUT2D eigenvalue weighted by molar-refractivity contribution is 6.06. The number of carbonyl (C=O) groups is 3. The Bertz CT molecular complexity index is 338.